The number of carbonyl (C=O) groups excluding carboxylic acids is 2. The van der Waals surface area contributed by atoms with Crippen LogP contribution in [0.4, 0.5) is 11.4 Å². The van der Waals surface area contributed by atoms with Crippen LogP contribution in [0.2, 0.25) is 10.0 Å². The fourth-order valence-corrected chi connectivity index (χ4v) is 2.93. The summed E-state index contributed by atoms with van der Waals surface area (Å²) in [5.74, 6) is 0.126. The molecule has 0 aliphatic carbocycles. The van der Waals surface area contributed by atoms with Gasteiger partial charge in [-0.1, -0.05) is 41.4 Å². The molecule has 2 aromatic rings. The molecule has 1 N–H and O–H groups in total. The molecule has 2 rings (SSSR count). The van der Waals surface area contributed by atoms with E-state index in [0.29, 0.717) is 33.8 Å². The minimum absolute atomic E-state index is 0.0849. The summed E-state index contributed by atoms with van der Waals surface area (Å²) in [5.41, 5.74) is 0.996. The molecule has 0 heterocycles. The van der Waals surface area contributed by atoms with E-state index in [9.17, 15) is 9.59 Å². The first-order valence-corrected chi connectivity index (χ1v) is 8.93. The van der Waals surface area contributed by atoms with Gasteiger partial charge in [0.05, 0.1) is 28.0 Å². The Hall–Kier alpha value is -2.24. The molecule has 2 aromatic carbocycles. The predicted molar refractivity (Wildman–Crippen MR) is 105 cm³/mol. The number of rotatable bonds is 7. The molecular formula is C19H20Cl2N2O3. The van der Waals surface area contributed by atoms with Crippen molar-refractivity contribution in [3.05, 3.63) is 52.5 Å². The van der Waals surface area contributed by atoms with Crippen molar-refractivity contribution in [3.8, 4) is 5.75 Å². The lowest BCUT2D eigenvalue weighted by Crippen LogP contribution is -2.32. The third kappa shape index (κ3) is 5.13. The van der Waals surface area contributed by atoms with E-state index in [1.54, 1.807) is 30.3 Å². The Balaban J connectivity index is 2.10. The second kappa shape index (κ2) is 9.46. The molecule has 26 heavy (non-hydrogen) atoms. The average Bonchev–Trinajstić information content (AvgIpc) is 2.60. The average molecular weight is 395 g/mol. The summed E-state index contributed by atoms with van der Waals surface area (Å²) in [7, 11) is 0. The maximum absolute atomic E-state index is 12.3. The van der Waals surface area contributed by atoms with Gasteiger partial charge in [-0.25, -0.2) is 0 Å². The van der Waals surface area contributed by atoms with Crippen molar-refractivity contribution in [2.24, 2.45) is 0 Å². The molecule has 7 heteroatoms. The molecule has 0 bridgehead atoms. The summed E-state index contributed by atoms with van der Waals surface area (Å²) in [6, 6.07) is 12.2. The molecule has 0 atom stereocenters. The van der Waals surface area contributed by atoms with Crippen LogP contribution in [0, 0.1) is 0 Å². The van der Waals surface area contributed by atoms with Gasteiger partial charge in [0.25, 0.3) is 0 Å². The van der Waals surface area contributed by atoms with E-state index >= 15 is 0 Å². The Morgan fingerprint density at radius 3 is 2.35 bits per heavy atom. The molecule has 0 aliphatic heterocycles. The smallest absolute Gasteiger partial charge is 0.226 e. The quantitative estimate of drug-likeness (QED) is 0.735. The molecule has 0 radical (unpaired) electrons. The number of benzene rings is 2. The van der Waals surface area contributed by atoms with Crippen molar-refractivity contribution in [2.75, 3.05) is 23.4 Å². The zero-order chi connectivity index (χ0) is 19.1. The summed E-state index contributed by atoms with van der Waals surface area (Å²) in [4.78, 5) is 25.9. The lowest BCUT2D eigenvalue weighted by molar-refractivity contribution is -0.117. The molecule has 0 aliphatic rings. The van der Waals surface area contributed by atoms with E-state index in [4.69, 9.17) is 27.9 Å². The standard InChI is InChI=1S/C19H20Cl2N2O3/c1-3-26-17-10-5-4-9-16(17)23(13(2)24)12-11-18(25)22-19-14(20)7-6-8-15(19)21/h4-10H,3,11-12H2,1-2H3,(H,22,25). The Bertz CT molecular complexity index is 776. The first kappa shape index (κ1) is 20.1. The highest BCUT2D eigenvalue weighted by atomic mass is 35.5. The maximum atomic E-state index is 12.3. The minimum atomic E-state index is -0.292. The van der Waals surface area contributed by atoms with Crippen molar-refractivity contribution in [1.29, 1.82) is 0 Å². The van der Waals surface area contributed by atoms with Gasteiger partial charge in [-0.05, 0) is 31.2 Å². The number of hydrogen-bond donors (Lipinski definition) is 1. The molecule has 0 unspecified atom stereocenters. The summed E-state index contributed by atoms with van der Waals surface area (Å²) in [6.07, 6.45) is 0.0849. The largest absolute Gasteiger partial charge is 0.492 e. The first-order valence-electron chi connectivity index (χ1n) is 8.17. The van der Waals surface area contributed by atoms with Gasteiger partial charge in [0, 0.05) is 19.9 Å². The van der Waals surface area contributed by atoms with Crippen LogP contribution in [0.5, 0.6) is 5.75 Å². The van der Waals surface area contributed by atoms with Gasteiger partial charge in [0.15, 0.2) is 0 Å². The van der Waals surface area contributed by atoms with Crippen molar-refractivity contribution in [3.63, 3.8) is 0 Å². The number of carbonyl (C=O) groups is 2. The second-order valence-corrected chi connectivity index (χ2v) is 6.28. The van der Waals surface area contributed by atoms with Gasteiger partial charge in [0.2, 0.25) is 11.8 Å². The third-order valence-corrected chi connectivity index (χ3v) is 4.26. The van der Waals surface area contributed by atoms with E-state index < -0.39 is 0 Å². The van der Waals surface area contributed by atoms with E-state index in [1.807, 2.05) is 19.1 Å². The molecular weight excluding hydrogens is 375 g/mol. The van der Waals surface area contributed by atoms with Crippen LogP contribution in [0.1, 0.15) is 20.3 Å². The highest BCUT2D eigenvalue weighted by Crippen LogP contribution is 2.30. The van der Waals surface area contributed by atoms with Crippen molar-refractivity contribution in [1.82, 2.24) is 0 Å². The fourth-order valence-electron chi connectivity index (χ4n) is 2.44. The number of nitrogens with one attached hydrogen (secondary N) is 1. The van der Waals surface area contributed by atoms with E-state index in [1.165, 1.54) is 11.8 Å². The van der Waals surface area contributed by atoms with Gasteiger partial charge in [-0.3, -0.25) is 9.59 Å². The van der Waals surface area contributed by atoms with Gasteiger partial charge < -0.3 is 15.0 Å². The number of ether oxygens (including phenoxy) is 1. The summed E-state index contributed by atoms with van der Waals surface area (Å²) in [5, 5.41) is 3.41. The highest BCUT2D eigenvalue weighted by molar-refractivity contribution is 6.39. The summed E-state index contributed by atoms with van der Waals surface area (Å²) in [6.45, 7) is 4.00. The van der Waals surface area contributed by atoms with Crippen LogP contribution in [0.15, 0.2) is 42.5 Å². The van der Waals surface area contributed by atoms with E-state index in [0.717, 1.165) is 0 Å². The Labute approximate surface area is 162 Å². The lowest BCUT2D eigenvalue weighted by atomic mass is 10.2. The minimum Gasteiger partial charge on any atom is -0.492 e. The molecule has 0 aromatic heterocycles. The molecule has 2 amide bonds. The summed E-state index contributed by atoms with van der Waals surface area (Å²) < 4.78 is 5.57. The molecule has 5 nitrogen and oxygen atoms in total. The number of para-hydroxylation sites is 3. The van der Waals surface area contributed by atoms with Crippen LogP contribution in [-0.4, -0.2) is 25.0 Å². The second-order valence-electron chi connectivity index (χ2n) is 5.47. The van der Waals surface area contributed by atoms with Gasteiger partial charge in [-0.2, -0.15) is 0 Å². The summed E-state index contributed by atoms with van der Waals surface area (Å²) >= 11 is 12.1. The highest BCUT2D eigenvalue weighted by Gasteiger charge is 2.18. The number of halogens is 2. The number of amides is 2. The Morgan fingerprint density at radius 2 is 1.73 bits per heavy atom. The van der Waals surface area contributed by atoms with Gasteiger partial charge >= 0.3 is 0 Å². The topological polar surface area (TPSA) is 58.6 Å². The van der Waals surface area contributed by atoms with Crippen LogP contribution >= 0.6 is 23.2 Å². The SMILES string of the molecule is CCOc1ccccc1N(CCC(=O)Nc1c(Cl)cccc1Cl)C(C)=O. The van der Waals surface area contributed by atoms with E-state index in [2.05, 4.69) is 5.32 Å². The zero-order valence-corrected chi connectivity index (χ0v) is 16.1. The van der Waals surface area contributed by atoms with Crippen molar-refractivity contribution < 1.29 is 14.3 Å². The first-order chi connectivity index (χ1) is 12.4. The fraction of sp³-hybridized carbons (Fsp3) is 0.263. The molecule has 0 saturated heterocycles. The third-order valence-electron chi connectivity index (χ3n) is 3.63. The molecule has 0 spiro atoms. The normalized spacial score (nSPS) is 10.3. The monoisotopic (exact) mass is 394 g/mol. The Kier molecular flexibility index (Phi) is 7.30. The zero-order valence-electron chi connectivity index (χ0n) is 14.6. The van der Waals surface area contributed by atoms with Gasteiger partial charge in [0.1, 0.15) is 5.75 Å². The van der Waals surface area contributed by atoms with Crippen LogP contribution in [0.3, 0.4) is 0 Å². The number of hydrogen-bond acceptors (Lipinski definition) is 3. The predicted octanol–water partition coefficient (Wildman–Crippen LogP) is 4.77. The maximum Gasteiger partial charge on any atom is 0.226 e. The van der Waals surface area contributed by atoms with Crippen LogP contribution < -0.4 is 15.0 Å². The van der Waals surface area contributed by atoms with E-state index in [-0.39, 0.29) is 24.8 Å². The van der Waals surface area contributed by atoms with Crippen molar-refractivity contribution >= 4 is 46.4 Å². The van der Waals surface area contributed by atoms with Crippen LogP contribution in [0.25, 0.3) is 0 Å². The van der Waals surface area contributed by atoms with Crippen LogP contribution in [-0.2, 0) is 9.59 Å². The Morgan fingerprint density at radius 1 is 1.08 bits per heavy atom. The van der Waals surface area contributed by atoms with Gasteiger partial charge in [-0.15, -0.1) is 0 Å². The number of anilines is 2. The molecule has 0 fully saturated rings. The molecule has 138 valence electrons. The molecule has 0 saturated carbocycles. The lowest BCUT2D eigenvalue weighted by Gasteiger charge is -2.23. The number of nitrogens with zero attached hydrogens (tertiary/aromatic N) is 1. The van der Waals surface area contributed by atoms with Crippen molar-refractivity contribution in [2.45, 2.75) is 20.3 Å².